The number of ketones is 1. The van der Waals surface area contributed by atoms with E-state index >= 15 is 0 Å². The molecule has 0 aliphatic heterocycles. The monoisotopic (exact) mass is 314 g/mol. The van der Waals surface area contributed by atoms with Crippen molar-refractivity contribution >= 4 is 28.7 Å². The van der Waals surface area contributed by atoms with Crippen LogP contribution in [0.1, 0.15) is 76.0 Å². The van der Waals surface area contributed by atoms with Gasteiger partial charge in [-0.2, -0.15) is 0 Å². The van der Waals surface area contributed by atoms with Crippen LogP contribution >= 0.6 is 22.9 Å². The summed E-state index contributed by atoms with van der Waals surface area (Å²) >= 11 is 7.38. The van der Waals surface area contributed by atoms with Gasteiger partial charge in [-0.3, -0.25) is 4.79 Å². The molecule has 0 radical (unpaired) electrons. The fourth-order valence-corrected chi connectivity index (χ4v) is 3.48. The maximum atomic E-state index is 11.8. The SMILES string of the molecule is CCCCCCCCCCCC(=O)Cc1ccc(Cl)s1. The smallest absolute Gasteiger partial charge is 0.138 e. The Morgan fingerprint density at radius 3 is 2.15 bits per heavy atom. The van der Waals surface area contributed by atoms with E-state index in [-0.39, 0.29) is 0 Å². The molecule has 0 fully saturated rings. The number of carbonyl (C=O) groups excluding carboxylic acids is 1. The van der Waals surface area contributed by atoms with Crippen molar-refractivity contribution in [3.63, 3.8) is 0 Å². The second-order valence-corrected chi connectivity index (χ2v) is 7.30. The van der Waals surface area contributed by atoms with E-state index in [0.717, 1.165) is 22.1 Å². The molecule has 0 saturated carbocycles. The van der Waals surface area contributed by atoms with Crippen molar-refractivity contribution < 1.29 is 4.79 Å². The lowest BCUT2D eigenvalue weighted by Gasteiger charge is -2.02. The minimum atomic E-state index is 0.353. The molecule has 20 heavy (non-hydrogen) atoms. The molecule has 114 valence electrons. The van der Waals surface area contributed by atoms with Crippen LogP contribution in [0, 0.1) is 0 Å². The summed E-state index contributed by atoms with van der Waals surface area (Å²) in [6.45, 7) is 2.25. The Morgan fingerprint density at radius 2 is 1.60 bits per heavy atom. The van der Waals surface area contributed by atoms with Crippen LogP contribution < -0.4 is 0 Å². The summed E-state index contributed by atoms with van der Waals surface area (Å²) in [4.78, 5) is 12.9. The van der Waals surface area contributed by atoms with Crippen LogP contribution in [0.25, 0.3) is 0 Å². The fraction of sp³-hybridized carbons (Fsp3) is 0.706. The van der Waals surface area contributed by atoms with Gasteiger partial charge in [-0.15, -0.1) is 11.3 Å². The van der Waals surface area contributed by atoms with Crippen LogP contribution in [0.3, 0.4) is 0 Å². The number of unbranched alkanes of at least 4 members (excludes halogenated alkanes) is 8. The Morgan fingerprint density at radius 1 is 1.00 bits per heavy atom. The maximum absolute atomic E-state index is 11.8. The molecule has 0 aliphatic rings. The van der Waals surface area contributed by atoms with Crippen LogP contribution in [-0.2, 0) is 11.2 Å². The molecular weight excluding hydrogens is 288 g/mol. The summed E-state index contributed by atoms with van der Waals surface area (Å²) in [5, 5.41) is 0. The maximum Gasteiger partial charge on any atom is 0.138 e. The molecule has 0 saturated heterocycles. The zero-order valence-electron chi connectivity index (χ0n) is 12.6. The van der Waals surface area contributed by atoms with Crippen molar-refractivity contribution in [2.75, 3.05) is 0 Å². The second-order valence-electron chi connectivity index (χ2n) is 5.50. The second kappa shape index (κ2) is 11.3. The van der Waals surface area contributed by atoms with Gasteiger partial charge in [0.05, 0.1) is 4.34 Å². The number of thiophene rings is 1. The molecule has 0 aliphatic carbocycles. The summed E-state index contributed by atoms with van der Waals surface area (Å²) < 4.78 is 0.774. The molecule has 0 spiro atoms. The normalized spacial score (nSPS) is 10.9. The highest BCUT2D eigenvalue weighted by atomic mass is 35.5. The molecule has 0 N–H and O–H groups in total. The van der Waals surface area contributed by atoms with Gasteiger partial charge >= 0.3 is 0 Å². The first-order chi connectivity index (χ1) is 9.72. The molecule has 1 nitrogen and oxygen atoms in total. The highest BCUT2D eigenvalue weighted by molar-refractivity contribution is 7.16. The van der Waals surface area contributed by atoms with Crippen molar-refractivity contribution in [2.24, 2.45) is 0 Å². The molecule has 3 heteroatoms. The summed E-state index contributed by atoms with van der Waals surface area (Å²) in [5.74, 6) is 0.353. The van der Waals surface area contributed by atoms with E-state index in [1.54, 1.807) is 0 Å². The standard InChI is InChI=1S/C17H27ClOS/c1-2-3-4-5-6-7-8-9-10-11-15(19)14-16-12-13-17(18)20-16/h12-13H,2-11,14H2,1H3. The van der Waals surface area contributed by atoms with Crippen molar-refractivity contribution in [3.05, 3.63) is 21.3 Å². The van der Waals surface area contributed by atoms with E-state index in [9.17, 15) is 4.79 Å². The highest BCUT2D eigenvalue weighted by Gasteiger charge is 2.05. The third kappa shape index (κ3) is 8.76. The lowest BCUT2D eigenvalue weighted by Crippen LogP contribution is -2.00. The minimum absolute atomic E-state index is 0.353. The number of Topliss-reactive ketones (excluding diaryl/α,β-unsaturated/α-hetero) is 1. The quantitative estimate of drug-likeness (QED) is 0.406. The van der Waals surface area contributed by atoms with Gasteiger partial charge in [-0.1, -0.05) is 69.9 Å². The van der Waals surface area contributed by atoms with Crippen LogP contribution in [-0.4, -0.2) is 5.78 Å². The molecule has 1 rings (SSSR count). The van der Waals surface area contributed by atoms with Gasteiger partial charge in [0, 0.05) is 17.7 Å². The predicted octanol–water partition coefficient (Wildman–Crippen LogP) is 6.43. The molecule has 1 aromatic rings. The van der Waals surface area contributed by atoms with Crippen LogP contribution in [0.2, 0.25) is 4.34 Å². The lowest BCUT2D eigenvalue weighted by atomic mass is 10.0. The Balaban J connectivity index is 1.92. The topological polar surface area (TPSA) is 17.1 Å². The van der Waals surface area contributed by atoms with Gasteiger partial charge in [-0.25, -0.2) is 0 Å². The third-order valence-corrected chi connectivity index (χ3v) is 4.79. The molecule has 1 heterocycles. The summed E-state index contributed by atoms with van der Waals surface area (Å²) in [5.41, 5.74) is 0. The predicted molar refractivity (Wildman–Crippen MR) is 89.9 cm³/mol. The molecule has 0 aromatic carbocycles. The van der Waals surface area contributed by atoms with Gasteiger partial charge in [0.1, 0.15) is 5.78 Å². The van der Waals surface area contributed by atoms with E-state index in [1.807, 2.05) is 12.1 Å². The van der Waals surface area contributed by atoms with Crippen LogP contribution in [0.4, 0.5) is 0 Å². The fourth-order valence-electron chi connectivity index (χ4n) is 2.36. The van der Waals surface area contributed by atoms with Gasteiger partial charge in [-0.05, 0) is 18.6 Å². The molecule has 1 aromatic heterocycles. The van der Waals surface area contributed by atoms with E-state index in [0.29, 0.717) is 12.2 Å². The number of hydrogen-bond acceptors (Lipinski definition) is 2. The average Bonchev–Trinajstić information content (AvgIpc) is 2.82. The van der Waals surface area contributed by atoms with Crippen molar-refractivity contribution in [1.29, 1.82) is 0 Å². The first kappa shape index (κ1) is 17.7. The first-order valence-electron chi connectivity index (χ1n) is 7.98. The van der Waals surface area contributed by atoms with Crippen LogP contribution in [0.5, 0.6) is 0 Å². The molecule has 0 unspecified atom stereocenters. The van der Waals surface area contributed by atoms with E-state index < -0.39 is 0 Å². The Labute approximate surface area is 132 Å². The van der Waals surface area contributed by atoms with E-state index in [2.05, 4.69) is 6.92 Å². The average molecular weight is 315 g/mol. The third-order valence-electron chi connectivity index (χ3n) is 3.56. The largest absolute Gasteiger partial charge is 0.299 e. The summed E-state index contributed by atoms with van der Waals surface area (Å²) in [7, 11) is 0. The summed E-state index contributed by atoms with van der Waals surface area (Å²) in [6.07, 6.45) is 13.0. The zero-order valence-corrected chi connectivity index (χ0v) is 14.2. The number of hydrogen-bond donors (Lipinski definition) is 0. The Kier molecular flexibility index (Phi) is 10.0. The lowest BCUT2D eigenvalue weighted by molar-refractivity contribution is -0.118. The van der Waals surface area contributed by atoms with E-state index in [4.69, 9.17) is 11.6 Å². The van der Waals surface area contributed by atoms with Crippen molar-refractivity contribution in [3.8, 4) is 0 Å². The van der Waals surface area contributed by atoms with E-state index in [1.165, 1.54) is 62.7 Å². The number of carbonyl (C=O) groups is 1. The summed E-state index contributed by atoms with van der Waals surface area (Å²) in [6, 6.07) is 3.83. The molecule has 0 atom stereocenters. The minimum Gasteiger partial charge on any atom is -0.299 e. The molecule has 0 bridgehead atoms. The Hall–Kier alpha value is -0.340. The number of rotatable bonds is 12. The Bertz CT molecular complexity index is 373. The van der Waals surface area contributed by atoms with Gasteiger partial charge in [0.25, 0.3) is 0 Å². The zero-order chi connectivity index (χ0) is 14.6. The van der Waals surface area contributed by atoms with Crippen LogP contribution in [0.15, 0.2) is 12.1 Å². The van der Waals surface area contributed by atoms with Gasteiger partial charge < -0.3 is 0 Å². The first-order valence-corrected chi connectivity index (χ1v) is 9.17. The van der Waals surface area contributed by atoms with Crippen molar-refractivity contribution in [1.82, 2.24) is 0 Å². The molecule has 0 amide bonds. The number of halogens is 1. The van der Waals surface area contributed by atoms with Gasteiger partial charge in [0.15, 0.2) is 0 Å². The highest BCUT2D eigenvalue weighted by Crippen LogP contribution is 2.22. The van der Waals surface area contributed by atoms with Crippen molar-refractivity contribution in [2.45, 2.75) is 77.6 Å². The molecular formula is C17H27ClOS. The van der Waals surface area contributed by atoms with Gasteiger partial charge in [0.2, 0.25) is 0 Å².